The average molecular weight is 182 g/mol. The molecule has 2 aromatic rings. The molecule has 12 heavy (non-hydrogen) atoms. The Morgan fingerprint density at radius 2 is 2.42 bits per heavy atom. The highest BCUT2D eigenvalue weighted by atomic mass is 35.5. The lowest BCUT2D eigenvalue weighted by molar-refractivity contribution is 0.988. The molecule has 62 valence electrons. The van der Waals surface area contributed by atoms with Crippen LogP contribution in [0, 0.1) is 0 Å². The molecule has 0 bridgehead atoms. The van der Waals surface area contributed by atoms with E-state index >= 15 is 0 Å². The zero-order valence-electron chi connectivity index (χ0n) is 6.63. The summed E-state index contributed by atoms with van der Waals surface area (Å²) in [6.07, 6.45) is 2.60. The molecule has 0 unspecified atom stereocenters. The fourth-order valence-corrected chi connectivity index (χ4v) is 1.37. The number of H-pyrrole nitrogens is 1. The highest BCUT2D eigenvalue weighted by Crippen LogP contribution is 2.18. The van der Waals surface area contributed by atoms with Crippen molar-refractivity contribution in [2.75, 3.05) is 0 Å². The lowest BCUT2D eigenvalue weighted by Gasteiger charge is -1.91. The van der Waals surface area contributed by atoms with Crippen LogP contribution >= 0.6 is 11.6 Å². The molecule has 1 N–H and O–H groups in total. The predicted molar refractivity (Wildman–Crippen MR) is 48.3 cm³/mol. The van der Waals surface area contributed by atoms with Crippen LogP contribution in [0.3, 0.4) is 0 Å². The summed E-state index contributed by atoms with van der Waals surface area (Å²) in [7, 11) is 0. The van der Waals surface area contributed by atoms with E-state index in [2.05, 4.69) is 22.1 Å². The lowest BCUT2D eigenvalue weighted by atomic mass is 10.2. The van der Waals surface area contributed by atoms with Crippen LogP contribution in [0.15, 0.2) is 12.3 Å². The number of pyridine rings is 1. The molecule has 0 saturated heterocycles. The van der Waals surface area contributed by atoms with Gasteiger partial charge in [0, 0.05) is 11.1 Å². The number of rotatable bonds is 1. The predicted octanol–water partition coefficient (Wildman–Crippen LogP) is 2.17. The number of nitrogens with one attached hydrogen (secondary N) is 1. The minimum Gasteiger partial charge on any atom is -0.281 e. The summed E-state index contributed by atoms with van der Waals surface area (Å²) in [5, 5.41) is 8.61. The highest BCUT2D eigenvalue weighted by molar-refractivity contribution is 6.30. The molecule has 4 heteroatoms. The van der Waals surface area contributed by atoms with E-state index in [9.17, 15) is 0 Å². The number of nitrogens with zero attached hydrogens (tertiary/aromatic N) is 2. The normalized spacial score (nSPS) is 10.8. The Morgan fingerprint density at radius 1 is 1.58 bits per heavy atom. The first-order valence-corrected chi connectivity index (χ1v) is 4.17. The van der Waals surface area contributed by atoms with Crippen molar-refractivity contribution in [3.63, 3.8) is 0 Å². The second-order valence-corrected chi connectivity index (χ2v) is 2.97. The van der Waals surface area contributed by atoms with Gasteiger partial charge in [-0.05, 0) is 12.5 Å². The highest BCUT2D eigenvalue weighted by Gasteiger charge is 2.03. The Balaban J connectivity index is 2.75. The molecule has 0 aliphatic heterocycles. The third-order valence-electron chi connectivity index (χ3n) is 1.84. The minimum absolute atomic E-state index is 0.513. The van der Waals surface area contributed by atoms with Crippen molar-refractivity contribution in [3.05, 3.63) is 23.1 Å². The Morgan fingerprint density at radius 3 is 3.17 bits per heavy atom. The van der Waals surface area contributed by atoms with E-state index < -0.39 is 0 Å². The van der Waals surface area contributed by atoms with E-state index in [1.165, 1.54) is 0 Å². The van der Waals surface area contributed by atoms with Gasteiger partial charge in [0.2, 0.25) is 0 Å². The zero-order chi connectivity index (χ0) is 8.55. The van der Waals surface area contributed by atoms with Crippen molar-refractivity contribution in [1.29, 1.82) is 0 Å². The zero-order valence-corrected chi connectivity index (χ0v) is 7.39. The fraction of sp³-hybridized carbons (Fsp3) is 0.250. The van der Waals surface area contributed by atoms with Crippen LogP contribution in [0.4, 0.5) is 0 Å². The number of aromatic nitrogens is 3. The molecule has 0 fully saturated rings. The molecular weight excluding hydrogens is 174 g/mol. The lowest BCUT2D eigenvalue weighted by Crippen LogP contribution is -1.79. The summed E-state index contributed by atoms with van der Waals surface area (Å²) in [6, 6.07) is 1.83. The summed E-state index contributed by atoms with van der Waals surface area (Å²) < 4.78 is 0. The van der Waals surface area contributed by atoms with Crippen LogP contribution in [-0.2, 0) is 6.42 Å². The third-order valence-corrected chi connectivity index (χ3v) is 2.05. The monoisotopic (exact) mass is 181 g/mol. The Hall–Kier alpha value is -1.09. The van der Waals surface area contributed by atoms with Gasteiger partial charge in [0.15, 0.2) is 0 Å². The van der Waals surface area contributed by atoms with Gasteiger partial charge >= 0.3 is 0 Å². The topological polar surface area (TPSA) is 41.6 Å². The second kappa shape index (κ2) is 2.75. The molecule has 2 rings (SSSR count). The van der Waals surface area contributed by atoms with Crippen LogP contribution < -0.4 is 0 Å². The average Bonchev–Trinajstić information content (AvgIpc) is 2.46. The summed E-state index contributed by atoms with van der Waals surface area (Å²) in [6.45, 7) is 2.07. The first kappa shape index (κ1) is 7.55. The SMILES string of the molecule is CCc1[nH]nc2cnc(Cl)cc12. The molecule has 0 saturated carbocycles. The molecule has 0 atom stereocenters. The number of halogens is 1. The molecule has 2 aromatic heterocycles. The van der Waals surface area contributed by atoms with Gasteiger partial charge in [-0.2, -0.15) is 5.10 Å². The molecule has 2 heterocycles. The molecule has 0 aliphatic carbocycles. The van der Waals surface area contributed by atoms with Crippen molar-refractivity contribution in [3.8, 4) is 0 Å². The summed E-state index contributed by atoms with van der Waals surface area (Å²) in [4.78, 5) is 3.94. The molecule has 3 nitrogen and oxygen atoms in total. The standard InChI is InChI=1S/C8H8ClN3/c1-2-6-5-3-8(9)10-4-7(5)12-11-6/h3-4H,2H2,1H3,(H,11,12). The molecular formula is C8H8ClN3. The number of fused-ring (bicyclic) bond motifs is 1. The molecule has 0 amide bonds. The molecule has 0 radical (unpaired) electrons. The van der Waals surface area contributed by atoms with Crippen LogP contribution in [0.2, 0.25) is 5.15 Å². The molecule has 0 aliphatic rings. The van der Waals surface area contributed by atoms with Gasteiger partial charge < -0.3 is 0 Å². The van der Waals surface area contributed by atoms with Crippen LogP contribution in [0.25, 0.3) is 10.9 Å². The van der Waals surface area contributed by atoms with Crippen molar-refractivity contribution in [1.82, 2.24) is 15.2 Å². The molecule has 0 aromatic carbocycles. The maximum atomic E-state index is 5.75. The minimum atomic E-state index is 0.513. The van der Waals surface area contributed by atoms with Crippen LogP contribution in [0.1, 0.15) is 12.6 Å². The largest absolute Gasteiger partial charge is 0.281 e. The number of aryl methyl sites for hydroxylation is 1. The van der Waals surface area contributed by atoms with Crippen LogP contribution in [0.5, 0.6) is 0 Å². The Bertz CT molecular complexity index is 408. The first-order valence-electron chi connectivity index (χ1n) is 3.79. The van der Waals surface area contributed by atoms with Gasteiger partial charge in [-0.15, -0.1) is 0 Å². The number of aromatic amines is 1. The van der Waals surface area contributed by atoms with E-state index in [4.69, 9.17) is 11.6 Å². The van der Waals surface area contributed by atoms with E-state index in [1.54, 1.807) is 6.20 Å². The van der Waals surface area contributed by atoms with Crippen molar-refractivity contribution < 1.29 is 0 Å². The van der Waals surface area contributed by atoms with Crippen LogP contribution in [-0.4, -0.2) is 15.2 Å². The summed E-state index contributed by atoms with van der Waals surface area (Å²) >= 11 is 5.75. The van der Waals surface area contributed by atoms with Gasteiger partial charge in [0.05, 0.1) is 6.20 Å². The van der Waals surface area contributed by atoms with Crippen molar-refractivity contribution in [2.45, 2.75) is 13.3 Å². The van der Waals surface area contributed by atoms with Gasteiger partial charge in [-0.1, -0.05) is 18.5 Å². The number of hydrogen-bond donors (Lipinski definition) is 1. The van der Waals surface area contributed by atoms with Gasteiger partial charge in [-0.3, -0.25) is 5.10 Å². The summed E-state index contributed by atoms with van der Waals surface area (Å²) in [5.41, 5.74) is 1.98. The van der Waals surface area contributed by atoms with Gasteiger partial charge in [0.1, 0.15) is 10.7 Å². The van der Waals surface area contributed by atoms with E-state index in [0.717, 1.165) is 23.0 Å². The van der Waals surface area contributed by atoms with E-state index in [-0.39, 0.29) is 0 Å². The fourth-order valence-electron chi connectivity index (χ4n) is 1.21. The Kier molecular flexibility index (Phi) is 1.73. The maximum Gasteiger partial charge on any atom is 0.129 e. The Labute approximate surface area is 74.8 Å². The van der Waals surface area contributed by atoms with E-state index in [1.807, 2.05) is 6.07 Å². The van der Waals surface area contributed by atoms with Gasteiger partial charge in [0.25, 0.3) is 0 Å². The number of hydrogen-bond acceptors (Lipinski definition) is 2. The first-order chi connectivity index (χ1) is 5.81. The molecule has 0 spiro atoms. The second-order valence-electron chi connectivity index (χ2n) is 2.58. The van der Waals surface area contributed by atoms with Crippen molar-refractivity contribution >= 4 is 22.5 Å². The van der Waals surface area contributed by atoms with Crippen molar-refractivity contribution in [2.24, 2.45) is 0 Å². The third kappa shape index (κ3) is 1.06. The van der Waals surface area contributed by atoms with E-state index in [0.29, 0.717) is 5.15 Å². The van der Waals surface area contributed by atoms with Gasteiger partial charge in [-0.25, -0.2) is 4.98 Å². The maximum absolute atomic E-state index is 5.75. The summed E-state index contributed by atoms with van der Waals surface area (Å²) in [5.74, 6) is 0. The quantitative estimate of drug-likeness (QED) is 0.686. The smallest absolute Gasteiger partial charge is 0.129 e.